The normalized spacial score (nSPS) is 22.0. The van der Waals surface area contributed by atoms with Crippen LogP contribution in [-0.2, 0) is 0 Å². The molecule has 2 unspecified atom stereocenters. The van der Waals surface area contributed by atoms with Crippen LogP contribution in [0.1, 0.15) is 31.4 Å². The predicted octanol–water partition coefficient (Wildman–Crippen LogP) is 3.57. The van der Waals surface area contributed by atoms with Crippen LogP contribution in [0.3, 0.4) is 0 Å². The molecule has 2 heteroatoms. The van der Waals surface area contributed by atoms with Crippen LogP contribution < -0.4 is 5.73 Å². The third-order valence-corrected chi connectivity index (χ3v) is 4.53. The molecule has 0 aromatic heterocycles. The molecule has 1 aliphatic rings. The average molecular weight is 268 g/mol. The van der Waals surface area contributed by atoms with E-state index in [-0.39, 0.29) is 0 Å². The first-order valence-electron chi connectivity index (χ1n) is 7.71. The molecule has 1 aliphatic heterocycles. The van der Waals surface area contributed by atoms with Gasteiger partial charge in [0.15, 0.2) is 0 Å². The van der Waals surface area contributed by atoms with Crippen molar-refractivity contribution in [3.8, 4) is 0 Å². The topological polar surface area (TPSA) is 29.3 Å². The monoisotopic (exact) mass is 268 g/mol. The number of hydrogen-bond donors (Lipinski definition) is 1. The third kappa shape index (κ3) is 2.58. The van der Waals surface area contributed by atoms with E-state index >= 15 is 0 Å². The quantitative estimate of drug-likeness (QED) is 0.922. The van der Waals surface area contributed by atoms with E-state index in [9.17, 15) is 0 Å². The first-order chi connectivity index (χ1) is 9.79. The smallest absolute Gasteiger partial charge is 0.0476 e. The summed E-state index contributed by atoms with van der Waals surface area (Å²) in [7, 11) is 0. The van der Waals surface area contributed by atoms with Crippen molar-refractivity contribution in [3.63, 3.8) is 0 Å². The number of benzene rings is 2. The minimum atomic E-state index is 0.351. The van der Waals surface area contributed by atoms with Crippen LogP contribution in [0.15, 0.2) is 42.5 Å². The van der Waals surface area contributed by atoms with Gasteiger partial charge in [-0.3, -0.25) is 4.90 Å². The molecule has 0 amide bonds. The molecule has 2 aromatic rings. The summed E-state index contributed by atoms with van der Waals surface area (Å²) in [6.45, 7) is 5.39. The van der Waals surface area contributed by atoms with Gasteiger partial charge in [0.05, 0.1) is 0 Å². The fourth-order valence-electron chi connectivity index (χ4n) is 3.52. The summed E-state index contributed by atoms with van der Waals surface area (Å²) in [5.41, 5.74) is 7.52. The lowest BCUT2D eigenvalue weighted by molar-refractivity contribution is 0.134. The van der Waals surface area contributed by atoms with Gasteiger partial charge in [-0.2, -0.15) is 0 Å². The zero-order valence-corrected chi connectivity index (χ0v) is 12.3. The first-order valence-corrected chi connectivity index (χ1v) is 7.71. The summed E-state index contributed by atoms with van der Waals surface area (Å²) < 4.78 is 0. The Kier molecular flexibility index (Phi) is 4.04. The van der Waals surface area contributed by atoms with E-state index in [0.717, 1.165) is 5.92 Å². The van der Waals surface area contributed by atoms with Crippen molar-refractivity contribution in [2.45, 2.75) is 25.8 Å². The third-order valence-electron chi connectivity index (χ3n) is 4.53. The van der Waals surface area contributed by atoms with Crippen molar-refractivity contribution in [2.24, 2.45) is 11.7 Å². The maximum atomic E-state index is 6.13. The fourth-order valence-corrected chi connectivity index (χ4v) is 3.52. The molecule has 2 aromatic carbocycles. The number of rotatable bonds is 3. The van der Waals surface area contributed by atoms with Gasteiger partial charge >= 0.3 is 0 Å². The second kappa shape index (κ2) is 5.94. The lowest BCUT2D eigenvalue weighted by Gasteiger charge is -2.37. The van der Waals surface area contributed by atoms with E-state index < -0.39 is 0 Å². The van der Waals surface area contributed by atoms with E-state index in [1.807, 2.05) is 0 Å². The van der Waals surface area contributed by atoms with Gasteiger partial charge in [-0.05, 0) is 41.6 Å². The standard InChI is InChI=1S/C18H24N2/c1-14-6-5-11-20(13-14)18(12-19)17-10-4-8-15-7-2-3-9-16(15)17/h2-4,7-10,14,18H,5-6,11-13,19H2,1H3. The Labute approximate surface area is 121 Å². The Hall–Kier alpha value is -1.38. The van der Waals surface area contributed by atoms with Crippen LogP contribution >= 0.6 is 0 Å². The molecule has 20 heavy (non-hydrogen) atoms. The minimum absolute atomic E-state index is 0.351. The molecular weight excluding hydrogens is 244 g/mol. The molecule has 1 saturated heterocycles. The van der Waals surface area contributed by atoms with E-state index in [0.29, 0.717) is 12.6 Å². The molecule has 2 nitrogen and oxygen atoms in total. The number of hydrogen-bond acceptors (Lipinski definition) is 2. The summed E-state index contributed by atoms with van der Waals surface area (Å²) >= 11 is 0. The Morgan fingerprint density at radius 2 is 2.00 bits per heavy atom. The van der Waals surface area contributed by atoms with Gasteiger partial charge in [0, 0.05) is 19.1 Å². The molecule has 0 radical (unpaired) electrons. The van der Waals surface area contributed by atoms with Gasteiger partial charge in [-0.25, -0.2) is 0 Å². The van der Waals surface area contributed by atoms with Gasteiger partial charge in [0.25, 0.3) is 0 Å². The van der Waals surface area contributed by atoms with E-state index in [4.69, 9.17) is 5.73 Å². The lowest BCUT2D eigenvalue weighted by atomic mass is 9.93. The Bertz CT molecular complexity index is 573. The highest BCUT2D eigenvalue weighted by molar-refractivity contribution is 5.86. The van der Waals surface area contributed by atoms with E-state index in [1.54, 1.807) is 0 Å². The van der Waals surface area contributed by atoms with Crippen LogP contribution in [0.25, 0.3) is 10.8 Å². The zero-order chi connectivity index (χ0) is 13.9. The molecule has 1 heterocycles. The summed E-state index contributed by atoms with van der Waals surface area (Å²) in [5, 5.41) is 2.66. The number of piperidine rings is 1. The molecule has 1 fully saturated rings. The van der Waals surface area contributed by atoms with Crippen LogP contribution in [0.5, 0.6) is 0 Å². The average Bonchev–Trinajstić information content (AvgIpc) is 2.48. The van der Waals surface area contributed by atoms with Gasteiger partial charge in [0.1, 0.15) is 0 Å². The van der Waals surface area contributed by atoms with Crippen LogP contribution in [0.4, 0.5) is 0 Å². The number of nitrogens with two attached hydrogens (primary N) is 1. The van der Waals surface area contributed by atoms with Gasteiger partial charge < -0.3 is 5.73 Å². The number of nitrogens with zero attached hydrogens (tertiary/aromatic N) is 1. The summed E-state index contributed by atoms with van der Waals surface area (Å²) in [6, 6.07) is 15.6. The highest BCUT2D eigenvalue weighted by Gasteiger charge is 2.25. The summed E-state index contributed by atoms with van der Waals surface area (Å²) in [6.07, 6.45) is 2.64. The molecule has 2 atom stereocenters. The highest BCUT2D eigenvalue weighted by Crippen LogP contribution is 2.30. The molecule has 0 bridgehead atoms. The van der Waals surface area contributed by atoms with E-state index in [2.05, 4.69) is 54.3 Å². The second-order valence-electron chi connectivity index (χ2n) is 6.06. The van der Waals surface area contributed by atoms with Crippen molar-refractivity contribution < 1.29 is 0 Å². The first kappa shape index (κ1) is 13.6. The second-order valence-corrected chi connectivity index (χ2v) is 6.06. The van der Waals surface area contributed by atoms with Crippen molar-refractivity contribution in [3.05, 3.63) is 48.0 Å². The molecule has 2 N–H and O–H groups in total. The Morgan fingerprint density at radius 1 is 1.20 bits per heavy atom. The Morgan fingerprint density at radius 3 is 2.80 bits per heavy atom. The fraction of sp³-hybridized carbons (Fsp3) is 0.444. The largest absolute Gasteiger partial charge is 0.329 e. The zero-order valence-electron chi connectivity index (χ0n) is 12.3. The van der Waals surface area contributed by atoms with Gasteiger partial charge in [0.2, 0.25) is 0 Å². The van der Waals surface area contributed by atoms with Gasteiger partial charge in [-0.1, -0.05) is 49.4 Å². The van der Waals surface area contributed by atoms with Crippen molar-refractivity contribution in [1.29, 1.82) is 0 Å². The highest BCUT2D eigenvalue weighted by atomic mass is 15.2. The predicted molar refractivity (Wildman–Crippen MR) is 85.7 cm³/mol. The number of likely N-dealkylation sites (tertiary alicyclic amines) is 1. The summed E-state index contributed by atoms with van der Waals surface area (Å²) in [5.74, 6) is 0.785. The van der Waals surface area contributed by atoms with Crippen molar-refractivity contribution in [1.82, 2.24) is 4.90 Å². The molecule has 0 aliphatic carbocycles. The van der Waals surface area contributed by atoms with Gasteiger partial charge in [-0.15, -0.1) is 0 Å². The molecular formula is C18H24N2. The maximum absolute atomic E-state index is 6.13. The number of fused-ring (bicyclic) bond motifs is 1. The van der Waals surface area contributed by atoms with Crippen molar-refractivity contribution in [2.75, 3.05) is 19.6 Å². The summed E-state index contributed by atoms with van der Waals surface area (Å²) in [4.78, 5) is 2.58. The van der Waals surface area contributed by atoms with E-state index in [1.165, 1.54) is 42.3 Å². The van der Waals surface area contributed by atoms with Crippen LogP contribution in [0.2, 0.25) is 0 Å². The van der Waals surface area contributed by atoms with Crippen LogP contribution in [0, 0.1) is 5.92 Å². The SMILES string of the molecule is CC1CCCN(C(CN)c2cccc3ccccc23)C1. The van der Waals surface area contributed by atoms with Crippen molar-refractivity contribution >= 4 is 10.8 Å². The molecule has 3 rings (SSSR count). The molecule has 0 spiro atoms. The maximum Gasteiger partial charge on any atom is 0.0476 e. The van der Waals surface area contributed by atoms with Crippen LogP contribution in [-0.4, -0.2) is 24.5 Å². The molecule has 0 saturated carbocycles. The lowest BCUT2D eigenvalue weighted by Crippen LogP contribution is -2.40. The minimum Gasteiger partial charge on any atom is -0.329 e. The molecule has 106 valence electrons. The Balaban J connectivity index is 1.98.